The molecule has 2 rings (SSSR count). The summed E-state index contributed by atoms with van der Waals surface area (Å²) in [6.07, 6.45) is 1.77. The molecule has 2 unspecified atom stereocenters. The van der Waals surface area contributed by atoms with Crippen LogP contribution in [0.2, 0.25) is 0 Å². The van der Waals surface area contributed by atoms with E-state index in [1.165, 1.54) is 0 Å². The van der Waals surface area contributed by atoms with Gasteiger partial charge < -0.3 is 10.6 Å². The van der Waals surface area contributed by atoms with Gasteiger partial charge in [0.25, 0.3) is 5.91 Å². The predicted octanol–water partition coefficient (Wildman–Crippen LogP) is 2.71. The van der Waals surface area contributed by atoms with Crippen molar-refractivity contribution in [1.29, 1.82) is 0 Å². The second-order valence-corrected chi connectivity index (χ2v) is 5.97. The number of hydrogen-bond donors (Lipinski definition) is 1. The van der Waals surface area contributed by atoms with E-state index in [0.717, 1.165) is 35.0 Å². The third kappa shape index (κ3) is 2.75. The Bertz CT molecular complexity index is 461. The topological polar surface area (TPSA) is 46.3 Å². The maximum Gasteiger partial charge on any atom is 0.255 e. The Labute approximate surface area is 116 Å². The van der Waals surface area contributed by atoms with Gasteiger partial charge in [0.05, 0.1) is 5.56 Å². The zero-order valence-electron chi connectivity index (χ0n) is 10.8. The van der Waals surface area contributed by atoms with Crippen LogP contribution >= 0.6 is 15.9 Å². The van der Waals surface area contributed by atoms with Gasteiger partial charge in [0, 0.05) is 23.1 Å². The molecule has 1 aliphatic rings. The van der Waals surface area contributed by atoms with Crippen LogP contribution in [0.5, 0.6) is 0 Å². The van der Waals surface area contributed by atoms with Crippen LogP contribution in [-0.2, 0) is 0 Å². The van der Waals surface area contributed by atoms with Crippen LogP contribution in [-0.4, -0.2) is 29.4 Å². The first-order chi connectivity index (χ1) is 8.49. The van der Waals surface area contributed by atoms with Gasteiger partial charge in [0.2, 0.25) is 0 Å². The lowest BCUT2D eigenvalue weighted by Crippen LogP contribution is -2.48. The molecule has 1 heterocycles. The molecule has 1 saturated heterocycles. The molecule has 0 radical (unpaired) electrons. The number of hydrogen-bond acceptors (Lipinski definition) is 2. The zero-order chi connectivity index (χ0) is 13.3. The van der Waals surface area contributed by atoms with Crippen LogP contribution in [0.4, 0.5) is 0 Å². The summed E-state index contributed by atoms with van der Waals surface area (Å²) < 4.78 is 0.861. The van der Waals surface area contributed by atoms with E-state index in [-0.39, 0.29) is 18.0 Å². The molecule has 0 saturated carbocycles. The SMILES string of the molecule is Cc1ccc(Br)c(C(=O)N2CCC(N)CC2C)c1. The molecule has 0 aromatic heterocycles. The molecule has 1 fully saturated rings. The van der Waals surface area contributed by atoms with E-state index in [1.807, 2.05) is 30.0 Å². The maximum absolute atomic E-state index is 12.5. The molecule has 1 amide bonds. The largest absolute Gasteiger partial charge is 0.336 e. The summed E-state index contributed by atoms with van der Waals surface area (Å²) in [7, 11) is 0. The number of carbonyl (C=O) groups is 1. The van der Waals surface area contributed by atoms with E-state index in [4.69, 9.17) is 5.73 Å². The number of carbonyl (C=O) groups excluding carboxylic acids is 1. The minimum absolute atomic E-state index is 0.102. The third-order valence-electron chi connectivity index (χ3n) is 3.53. The number of aryl methyl sites for hydroxylation is 1. The van der Waals surface area contributed by atoms with Crippen LogP contribution in [0.15, 0.2) is 22.7 Å². The third-order valence-corrected chi connectivity index (χ3v) is 4.22. The predicted molar refractivity (Wildman–Crippen MR) is 76.6 cm³/mol. The Morgan fingerprint density at radius 1 is 1.50 bits per heavy atom. The molecule has 1 aliphatic heterocycles. The number of halogens is 1. The summed E-state index contributed by atoms with van der Waals surface area (Å²) in [6, 6.07) is 6.31. The van der Waals surface area contributed by atoms with E-state index in [9.17, 15) is 4.79 Å². The first-order valence-electron chi connectivity index (χ1n) is 6.31. The molecule has 1 aromatic rings. The molecule has 4 heteroatoms. The van der Waals surface area contributed by atoms with Crippen molar-refractivity contribution in [2.24, 2.45) is 5.73 Å². The minimum Gasteiger partial charge on any atom is -0.336 e. The highest BCUT2D eigenvalue weighted by Gasteiger charge is 2.28. The van der Waals surface area contributed by atoms with Gasteiger partial charge in [-0.1, -0.05) is 11.6 Å². The summed E-state index contributed by atoms with van der Waals surface area (Å²) in [4.78, 5) is 14.5. The zero-order valence-corrected chi connectivity index (χ0v) is 12.4. The minimum atomic E-state index is 0.102. The van der Waals surface area contributed by atoms with Crippen molar-refractivity contribution in [3.8, 4) is 0 Å². The fourth-order valence-corrected chi connectivity index (χ4v) is 2.88. The molecule has 2 atom stereocenters. The summed E-state index contributed by atoms with van der Waals surface area (Å²) >= 11 is 3.46. The lowest BCUT2D eigenvalue weighted by molar-refractivity contribution is 0.0618. The van der Waals surface area contributed by atoms with Crippen molar-refractivity contribution in [3.05, 3.63) is 33.8 Å². The van der Waals surface area contributed by atoms with Crippen molar-refractivity contribution in [1.82, 2.24) is 4.90 Å². The number of likely N-dealkylation sites (tertiary alicyclic amines) is 1. The second-order valence-electron chi connectivity index (χ2n) is 5.12. The second kappa shape index (κ2) is 5.41. The summed E-state index contributed by atoms with van der Waals surface area (Å²) in [5, 5.41) is 0. The van der Waals surface area contributed by atoms with Gasteiger partial charge in [0.15, 0.2) is 0 Å². The normalized spacial score (nSPS) is 24.1. The van der Waals surface area contributed by atoms with Crippen LogP contribution in [0, 0.1) is 6.92 Å². The fraction of sp³-hybridized carbons (Fsp3) is 0.500. The first-order valence-corrected chi connectivity index (χ1v) is 7.11. The molecule has 1 aromatic carbocycles. The van der Waals surface area contributed by atoms with Crippen molar-refractivity contribution < 1.29 is 4.79 Å². The first kappa shape index (κ1) is 13.6. The van der Waals surface area contributed by atoms with Gasteiger partial charge in [-0.25, -0.2) is 0 Å². The van der Waals surface area contributed by atoms with Crippen LogP contribution in [0.3, 0.4) is 0 Å². The smallest absolute Gasteiger partial charge is 0.255 e. The van der Waals surface area contributed by atoms with Crippen LogP contribution in [0.25, 0.3) is 0 Å². The van der Waals surface area contributed by atoms with Gasteiger partial charge in [-0.2, -0.15) is 0 Å². The van der Waals surface area contributed by atoms with Crippen molar-refractivity contribution in [2.45, 2.75) is 38.8 Å². The van der Waals surface area contributed by atoms with Crippen molar-refractivity contribution in [3.63, 3.8) is 0 Å². The van der Waals surface area contributed by atoms with Crippen LogP contribution in [0.1, 0.15) is 35.7 Å². The Morgan fingerprint density at radius 2 is 2.22 bits per heavy atom. The quantitative estimate of drug-likeness (QED) is 0.867. The standard InChI is InChI=1S/C14H19BrN2O/c1-9-3-4-13(15)12(7-9)14(18)17-6-5-11(16)8-10(17)2/h3-4,7,10-11H,5-6,8,16H2,1-2H3. The molecular weight excluding hydrogens is 292 g/mol. The number of rotatable bonds is 1. The molecule has 18 heavy (non-hydrogen) atoms. The number of nitrogens with two attached hydrogens (primary N) is 1. The number of amides is 1. The Hall–Kier alpha value is -0.870. The Balaban J connectivity index is 2.23. The lowest BCUT2D eigenvalue weighted by Gasteiger charge is -2.36. The Kier molecular flexibility index (Phi) is 4.07. The molecular formula is C14H19BrN2O. The van der Waals surface area contributed by atoms with Gasteiger partial charge in [-0.15, -0.1) is 0 Å². The van der Waals surface area contributed by atoms with Gasteiger partial charge in [-0.3, -0.25) is 4.79 Å². The monoisotopic (exact) mass is 310 g/mol. The van der Waals surface area contributed by atoms with Crippen molar-refractivity contribution in [2.75, 3.05) is 6.54 Å². The van der Waals surface area contributed by atoms with Crippen LogP contribution < -0.4 is 5.73 Å². The summed E-state index contributed by atoms with van der Waals surface area (Å²) in [6.45, 7) is 4.82. The molecule has 0 bridgehead atoms. The van der Waals surface area contributed by atoms with E-state index in [1.54, 1.807) is 0 Å². The van der Waals surface area contributed by atoms with Gasteiger partial charge in [-0.05, 0) is 54.8 Å². The molecule has 3 nitrogen and oxygen atoms in total. The van der Waals surface area contributed by atoms with E-state index in [2.05, 4.69) is 22.9 Å². The van der Waals surface area contributed by atoms with E-state index >= 15 is 0 Å². The Morgan fingerprint density at radius 3 is 2.89 bits per heavy atom. The van der Waals surface area contributed by atoms with Gasteiger partial charge >= 0.3 is 0 Å². The molecule has 0 aliphatic carbocycles. The van der Waals surface area contributed by atoms with E-state index < -0.39 is 0 Å². The summed E-state index contributed by atoms with van der Waals surface area (Å²) in [5.74, 6) is 0.102. The molecule has 98 valence electrons. The van der Waals surface area contributed by atoms with Gasteiger partial charge in [0.1, 0.15) is 0 Å². The fourth-order valence-electron chi connectivity index (χ4n) is 2.47. The highest BCUT2D eigenvalue weighted by atomic mass is 79.9. The van der Waals surface area contributed by atoms with E-state index in [0.29, 0.717) is 0 Å². The lowest BCUT2D eigenvalue weighted by atomic mass is 9.98. The average molecular weight is 311 g/mol. The summed E-state index contributed by atoms with van der Waals surface area (Å²) in [5.41, 5.74) is 7.78. The van der Waals surface area contributed by atoms with Crippen molar-refractivity contribution >= 4 is 21.8 Å². The highest BCUT2D eigenvalue weighted by Crippen LogP contribution is 2.24. The highest BCUT2D eigenvalue weighted by molar-refractivity contribution is 9.10. The number of piperidine rings is 1. The maximum atomic E-state index is 12.5. The number of benzene rings is 1. The molecule has 0 spiro atoms. The molecule has 2 N–H and O–H groups in total. The average Bonchev–Trinajstić information content (AvgIpc) is 2.31. The number of nitrogens with zero attached hydrogens (tertiary/aromatic N) is 1.